The first-order valence-corrected chi connectivity index (χ1v) is 10.2. The molecule has 1 aliphatic rings. The van der Waals surface area contributed by atoms with E-state index in [1.807, 2.05) is 26.0 Å². The fourth-order valence-corrected chi connectivity index (χ4v) is 4.11. The van der Waals surface area contributed by atoms with E-state index in [1.165, 1.54) is 11.5 Å². The molecule has 1 unspecified atom stereocenters. The monoisotopic (exact) mass is 451 g/mol. The standard InChI is InChI=1S/C21H21ClF3N5O/c1-12(2)19-17(10-26-30(19)15-6-4-14(22)5-7-15)28-9-8-16(20(28)31)29-11-18(21(23,24)25)27-13(29)3/h4-7,10-12,16H,8-9H2,1-3H3. The molecule has 0 saturated carbocycles. The van der Waals surface area contributed by atoms with Crippen LogP contribution in [0, 0.1) is 6.92 Å². The minimum atomic E-state index is -4.55. The zero-order valence-corrected chi connectivity index (χ0v) is 17.9. The van der Waals surface area contributed by atoms with Gasteiger partial charge in [-0.3, -0.25) is 4.79 Å². The van der Waals surface area contributed by atoms with Crippen LogP contribution in [0.25, 0.3) is 5.69 Å². The van der Waals surface area contributed by atoms with Gasteiger partial charge in [0.1, 0.15) is 11.9 Å². The average Bonchev–Trinajstić information content (AvgIpc) is 3.38. The van der Waals surface area contributed by atoms with Crippen LogP contribution in [0.5, 0.6) is 0 Å². The van der Waals surface area contributed by atoms with Gasteiger partial charge in [-0.25, -0.2) is 9.67 Å². The van der Waals surface area contributed by atoms with Crippen molar-refractivity contribution in [1.82, 2.24) is 19.3 Å². The average molecular weight is 452 g/mol. The number of halogens is 4. The highest BCUT2D eigenvalue weighted by molar-refractivity contribution is 6.30. The number of alkyl halides is 3. The summed E-state index contributed by atoms with van der Waals surface area (Å²) < 4.78 is 42.2. The molecule has 1 aliphatic heterocycles. The molecule has 0 radical (unpaired) electrons. The highest BCUT2D eigenvalue weighted by Crippen LogP contribution is 2.37. The van der Waals surface area contributed by atoms with Crippen LogP contribution in [0.4, 0.5) is 18.9 Å². The molecular weight excluding hydrogens is 431 g/mol. The number of carbonyl (C=O) groups is 1. The molecule has 6 nitrogen and oxygen atoms in total. The van der Waals surface area contributed by atoms with Crippen LogP contribution in [-0.2, 0) is 11.0 Å². The first-order chi connectivity index (χ1) is 14.6. The Morgan fingerprint density at radius 3 is 2.45 bits per heavy atom. The smallest absolute Gasteiger partial charge is 0.322 e. The van der Waals surface area contributed by atoms with Crippen molar-refractivity contribution < 1.29 is 18.0 Å². The Bertz CT molecular complexity index is 1120. The number of nitrogens with zero attached hydrogens (tertiary/aromatic N) is 5. The van der Waals surface area contributed by atoms with Crippen LogP contribution in [0.3, 0.4) is 0 Å². The number of aromatic nitrogens is 4. The largest absolute Gasteiger partial charge is 0.434 e. The van der Waals surface area contributed by atoms with Crippen molar-refractivity contribution in [3.05, 3.63) is 58.9 Å². The van der Waals surface area contributed by atoms with Crippen molar-refractivity contribution in [2.24, 2.45) is 0 Å². The maximum Gasteiger partial charge on any atom is 0.434 e. The van der Waals surface area contributed by atoms with Crippen molar-refractivity contribution in [3.8, 4) is 5.69 Å². The van der Waals surface area contributed by atoms with Crippen molar-refractivity contribution >= 4 is 23.2 Å². The van der Waals surface area contributed by atoms with E-state index in [2.05, 4.69) is 10.1 Å². The number of amides is 1. The van der Waals surface area contributed by atoms with Gasteiger partial charge < -0.3 is 9.47 Å². The van der Waals surface area contributed by atoms with Gasteiger partial charge >= 0.3 is 6.18 Å². The highest BCUT2D eigenvalue weighted by Gasteiger charge is 2.40. The second-order valence-electron chi connectivity index (χ2n) is 7.83. The van der Waals surface area contributed by atoms with Crippen molar-refractivity contribution in [2.45, 2.75) is 45.3 Å². The molecule has 1 aromatic carbocycles. The molecule has 0 aliphatic carbocycles. The Balaban J connectivity index is 1.68. The second kappa shape index (κ2) is 7.71. The van der Waals surface area contributed by atoms with Gasteiger partial charge in [-0.2, -0.15) is 18.3 Å². The molecule has 0 N–H and O–H groups in total. The summed E-state index contributed by atoms with van der Waals surface area (Å²) in [5.41, 5.74) is 1.32. The summed E-state index contributed by atoms with van der Waals surface area (Å²) in [7, 11) is 0. The van der Waals surface area contributed by atoms with E-state index in [4.69, 9.17) is 11.6 Å². The predicted molar refractivity (Wildman–Crippen MR) is 111 cm³/mol. The quantitative estimate of drug-likeness (QED) is 0.551. The van der Waals surface area contributed by atoms with E-state index >= 15 is 0 Å². The lowest BCUT2D eigenvalue weighted by molar-refractivity contribution is -0.141. The maximum atomic E-state index is 13.2. The van der Waals surface area contributed by atoms with Crippen LogP contribution < -0.4 is 4.90 Å². The minimum Gasteiger partial charge on any atom is -0.322 e. The zero-order chi connectivity index (χ0) is 22.5. The minimum absolute atomic E-state index is 0.0480. The molecule has 1 fully saturated rings. The number of anilines is 1. The number of carbonyl (C=O) groups excluding carboxylic acids is 1. The van der Waals surface area contributed by atoms with Crippen LogP contribution in [0.15, 0.2) is 36.7 Å². The fraction of sp³-hybridized carbons (Fsp3) is 0.381. The van der Waals surface area contributed by atoms with Gasteiger partial charge in [-0.05, 0) is 43.5 Å². The van der Waals surface area contributed by atoms with Crippen molar-refractivity contribution in [1.29, 1.82) is 0 Å². The summed E-state index contributed by atoms with van der Waals surface area (Å²) in [6.07, 6.45) is -1.62. The van der Waals surface area contributed by atoms with E-state index in [-0.39, 0.29) is 17.6 Å². The fourth-order valence-electron chi connectivity index (χ4n) is 3.99. The Labute approximate surface area is 182 Å². The molecule has 3 heterocycles. The van der Waals surface area contributed by atoms with Crippen LogP contribution in [0.2, 0.25) is 5.02 Å². The molecular formula is C21H21ClF3N5O. The predicted octanol–water partition coefficient (Wildman–Crippen LogP) is 5.15. The molecule has 3 aromatic rings. The third-order valence-corrected chi connectivity index (χ3v) is 5.67. The molecule has 4 rings (SSSR count). The lowest BCUT2D eigenvalue weighted by Crippen LogP contribution is -2.29. The number of hydrogen-bond donors (Lipinski definition) is 0. The first kappa shape index (κ1) is 21.4. The summed E-state index contributed by atoms with van der Waals surface area (Å²) in [6.45, 7) is 5.86. The molecule has 1 amide bonds. The van der Waals surface area contributed by atoms with Gasteiger partial charge in [0, 0.05) is 17.8 Å². The molecule has 2 aromatic heterocycles. The summed E-state index contributed by atoms with van der Waals surface area (Å²) in [5, 5.41) is 5.09. The Morgan fingerprint density at radius 2 is 1.87 bits per heavy atom. The van der Waals surface area contributed by atoms with Gasteiger partial charge in [0.15, 0.2) is 5.69 Å². The Morgan fingerprint density at radius 1 is 1.19 bits per heavy atom. The summed E-state index contributed by atoms with van der Waals surface area (Å²) in [6, 6.07) is 6.47. The number of hydrogen-bond acceptors (Lipinski definition) is 3. The van der Waals surface area contributed by atoms with Crippen LogP contribution in [-0.4, -0.2) is 31.8 Å². The summed E-state index contributed by atoms with van der Waals surface area (Å²) in [4.78, 5) is 18.4. The van der Waals surface area contributed by atoms with Gasteiger partial charge in [0.2, 0.25) is 5.91 Å². The third-order valence-electron chi connectivity index (χ3n) is 5.42. The van der Waals surface area contributed by atoms with E-state index in [0.717, 1.165) is 17.6 Å². The van der Waals surface area contributed by atoms with Crippen LogP contribution in [0.1, 0.15) is 49.4 Å². The van der Waals surface area contributed by atoms with Crippen molar-refractivity contribution in [3.63, 3.8) is 0 Å². The molecule has 0 spiro atoms. The molecule has 1 saturated heterocycles. The van der Waals surface area contributed by atoms with Gasteiger partial charge in [0.05, 0.1) is 23.3 Å². The number of benzene rings is 1. The van der Waals surface area contributed by atoms with Crippen LogP contribution >= 0.6 is 11.6 Å². The summed E-state index contributed by atoms with van der Waals surface area (Å²) >= 11 is 5.99. The number of rotatable bonds is 4. The lowest BCUT2D eigenvalue weighted by atomic mass is 10.1. The van der Waals surface area contributed by atoms with Gasteiger partial charge in [0.25, 0.3) is 0 Å². The molecule has 0 bridgehead atoms. The Kier molecular flexibility index (Phi) is 5.33. The first-order valence-electron chi connectivity index (χ1n) is 9.86. The molecule has 10 heteroatoms. The Hall–Kier alpha value is -2.81. The van der Waals surface area contributed by atoms with E-state index in [1.54, 1.807) is 27.9 Å². The van der Waals surface area contributed by atoms with Gasteiger partial charge in [-0.15, -0.1) is 0 Å². The lowest BCUT2D eigenvalue weighted by Gasteiger charge is -2.20. The van der Waals surface area contributed by atoms with Gasteiger partial charge in [-0.1, -0.05) is 25.4 Å². The molecule has 31 heavy (non-hydrogen) atoms. The van der Waals surface area contributed by atoms with E-state index in [0.29, 0.717) is 23.7 Å². The number of aryl methyl sites for hydroxylation is 1. The maximum absolute atomic E-state index is 13.2. The van der Waals surface area contributed by atoms with Crippen molar-refractivity contribution in [2.75, 3.05) is 11.4 Å². The normalized spacial score (nSPS) is 17.2. The SMILES string of the molecule is Cc1nc(C(F)(F)F)cn1C1CCN(c2cnn(-c3ccc(Cl)cc3)c2C(C)C)C1=O. The summed E-state index contributed by atoms with van der Waals surface area (Å²) in [5.74, 6) is -0.0629. The van der Waals surface area contributed by atoms with E-state index in [9.17, 15) is 18.0 Å². The van der Waals surface area contributed by atoms with E-state index < -0.39 is 17.9 Å². The highest BCUT2D eigenvalue weighted by atomic mass is 35.5. The topological polar surface area (TPSA) is 56.0 Å². The third kappa shape index (κ3) is 3.82. The molecule has 164 valence electrons. The zero-order valence-electron chi connectivity index (χ0n) is 17.2. The molecule has 1 atom stereocenters. The second-order valence-corrected chi connectivity index (χ2v) is 8.27. The number of imidazole rings is 1.